The van der Waals surface area contributed by atoms with Crippen LogP contribution in [-0.4, -0.2) is 59.9 Å². The zero-order valence-corrected chi connectivity index (χ0v) is 18.2. The maximum absolute atomic E-state index is 13.4. The molecule has 0 spiro atoms. The van der Waals surface area contributed by atoms with Crippen LogP contribution in [0.2, 0.25) is 0 Å². The van der Waals surface area contributed by atoms with Crippen LogP contribution in [0, 0.1) is 0 Å². The SMILES string of the molecule is COCCNc1ccc(C(=O)NCCNC(=O)c2cn(-c3ccccc3)nc2C(F)(F)F)cn1. The Morgan fingerprint density at radius 1 is 1.00 bits per heavy atom. The highest BCUT2D eigenvalue weighted by molar-refractivity contribution is 5.96. The van der Waals surface area contributed by atoms with E-state index < -0.39 is 29.2 Å². The molecule has 3 aromatic rings. The van der Waals surface area contributed by atoms with Gasteiger partial charge < -0.3 is 20.7 Å². The summed E-state index contributed by atoms with van der Waals surface area (Å²) in [5, 5.41) is 11.5. The normalized spacial score (nSPS) is 11.2. The molecule has 9 nitrogen and oxygen atoms in total. The smallest absolute Gasteiger partial charge is 0.383 e. The van der Waals surface area contributed by atoms with Gasteiger partial charge in [0.05, 0.1) is 23.4 Å². The van der Waals surface area contributed by atoms with Crippen molar-refractivity contribution in [2.24, 2.45) is 0 Å². The number of nitrogens with one attached hydrogen (secondary N) is 3. The molecular weight excluding hydrogens is 453 g/mol. The fourth-order valence-electron chi connectivity index (χ4n) is 2.93. The Kier molecular flexibility index (Phi) is 8.19. The number of anilines is 1. The molecule has 3 rings (SSSR count). The summed E-state index contributed by atoms with van der Waals surface area (Å²) in [5.74, 6) is -0.799. The summed E-state index contributed by atoms with van der Waals surface area (Å²) in [5.41, 5.74) is -1.22. The molecular formula is C22H23F3N6O3. The van der Waals surface area contributed by atoms with Gasteiger partial charge in [-0.2, -0.15) is 18.3 Å². The fourth-order valence-corrected chi connectivity index (χ4v) is 2.93. The molecule has 0 atom stereocenters. The van der Waals surface area contributed by atoms with Crippen molar-refractivity contribution >= 4 is 17.6 Å². The maximum Gasteiger partial charge on any atom is 0.435 e. The Morgan fingerprint density at radius 2 is 1.71 bits per heavy atom. The molecule has 2 amide bonds. The number of para-hydroxylation sites is 1. The summed E-state index contributed by atoms with van der Waals surface area (Å²) in [7, 11) is 1.58. The van der Waals surface area contributed by atoms with Crippen molar-refractivity contribution < 1.29 is 27.5 Å². The van der Waals surface area contributed by atoms with E-state index in [0.29, 0.717) is 30.2 Å². The average Bonchev–Trinajstić information content (AvgIpc) is 3.29. The first-order valence-electron chi connectivity index (χ1n) is 10.3. The molecule has 12 heteroatoms. The number of ether oxygens (including phenoxy) is 1. The monoisotopic (exact) mass is 476 g/mol. The third-order valence-electron chi connectivity index (χ3n) is 4.58. The molecule has 0 radical (unpaired) electrons. The number of carbonyl (C=O) groups is 2. The third-order valence-corrected chi connectivity index (χ3v) is 4.58. The number of carbonyl (C=O) groups excluding carboxylic acids is 2. The molecule has 0 fully saturated rings. The summed E-state index contributed by atoms with van der Waals surface area (Å²) < 4.78 is 46.1. The van der Waals surface area contributed by atoms with Crippen LogP contribution in [-0.2, 0) is 10.9 Å². The van der Waals surface area contributed by atoms with E-state index in [1.54, 1.807) is 49.6 Å². The van der Waals surface area contributed by atoms with Gasteiger partial charge in [-0.3, -0.25) is 9.59 Å². The van der Waals surface area contributed by atoms with Crippen LogP contribution in [0.25, 0.3) is 5.69 Å². The van der Waals surface area contributed by atoms with Crippen LogP contribution in [0.5, 0.6) is 0 Å². The summed E-state index contributed by atoms with van der Waals surface area (Å²) in [6, 6.07) is 11.4. The molecule has 0 aliphatic rings. The first kappa shape index (κ1) is 24.7. The minimum atomic E-state index is -4.81. The lowest BCUT2D eigenvalue weighted by Gasteiger charge is -2.09. The summed E-state index contributed by atoms with van der Waals surface area (Å²) >= 11 is 0. The number of rotatable bonds is 10. The van der Waals surface area contributed by atoms with Gasteiger partial charge in [0.1, 0.15) is 5.82 Å². The molecule has 180 valence electrons. The molecule has 0 saturated heterocycles. The largest absolute Gasteiger partial charge is 0.435 e. The van der Waals surface area contributed by atoms with Crippen LogP contribution in [0.3, 0.4) is 0 Å². The third kappa shape index (κ3) is 6.54. The van der Waals surface area contributed by atoms with E-state index in [-0.39, 0.29) is 13.1 Å². The summed E-state index contributed by atoms with van der Waals surface area (Å²) in [4.78, 5) is 28.7. The Balaban J connectivity index is 1.55. The van der Waals surface area contributed by atoms with Gasteiger partial charge in [-0.15, -0.1) is 0 Å². The van der Waals surface area contributed by atoms with E-state index in [4.69, 9.17) is 4.74 Å². The number of alkyl halides is 3. The Bertz CT molecular complexity index is 1100. The van der Waals surface area contributed by atoms with E-state index in [2.05, 4.69) is 26.0 Å². The molecule has 3 N–H and O–H groups in total. The van der Waals surface area contributed by atoms with Gasteiger partial charge in [0.15, 0.2) is 5.69 Å². The summed E-state index contributed by atoms with van der Waals surface area (Å²) in [6.45, 7) is 0.997. The number of methoxy groups -OCH3 is 1. The van der Waals surface area contributed by atoms with Crippen LogP contribution < -0.4 is 16.0 Å². The first-order chi connectivity index (χ1) is 16.3. The van der Waals surface area contributed by atoms with E-state index in [9.17, 15) is 22.8 Å². The lowest BCUT2D eigenvalue weighted by atomic mass is 10.2. The second-order valence-electron chi connectivity index (χ2n) is 7.03. The van der Waals surface area contributed by atoms with Gasteiger partial charge in [-0.05, 0) is 24.3 Å². The minimum Gasteiger partial charge on any atom is -0.383 e. The van der Waals surface area contributed by atoms with Gasteiger partial charge >= 0.3 is 6.18 Å². The number of amides is 2. The number of aromatic nitrogens is 3. The average molecular weight is 476 g/mol. The lowest BCUT2D eigenvalue weighted by molar-refractivity contribution is -0.141. The lowest BCUT2D eigenvalue weighted by Crippen LogP contribution is -2.35. The molecule has 0 bridgehead atoms. The Hall–Kier alpha value is -3.93. The van der Waals surface area contributed by atoms with Crippen molar-refractivity contribution in [1.29, 1.82) is 0 Å². The molecule has 0 unspecified atom stereocenters. The number of nitrogens with zero attached hydrogens (tertiary/aromatic N) is 3. The molecule has 0 aliphatic carbocycles. The van der Waals surface area contributed by atoms with E-state index >= 15 is 0 Å². The minimum absolute atomic E-state index is 0.00653. The molecule has 0 saturated carbocycles. The van der Waals surface area contributed by atoms with Crippen molar-refractivity contribution in [1.82, 2.24) is 25.4 Å². The second kappa shape index (κ2) is 11.3. The van der Waals surface area contributed by atoms with Crippen molar-refractivity contribution in [2.75, 3.05) is 38.7 Å². The topological polar surface area (TPSA) is 110 Å². The molecule has 2 aromatic heterocycles. The van der Waals surface area contributed by atoms with Gasteiger partial charge in [0.25, 0.3) is 11.8 Å². The number of hydrogen-bond donors (Lipinski definition) is 3. The Morgan fingerprint density at radius 3 is 2.32 bits per heavy atom. The number of halogens is 3. The predicted molar refractivity (Wildman–Crippen MR) is 118 cm³/mol. The zero-order valence-electron chi connectivity index (χ0n) is 18.2. The van der Waals surface area contributed by atoms with Crippen LogP contribution in [0.1, 0.15) is 26.4 Å². The molecule has 0 aliphatic heterocycles. The van der Waals surface area contributed by atoms with Crippen LogP contribution >= 0.6 is 0 Å². The Labute approximate surface area is 193 Å². The second-order valence-corrected chi connectivity index (χ2v) is 7.03. The van der Waals surface area contributed by atoms with Gasteiger partial charge in [-0.1, -0.05) is 18.2 Å². The quantitative estimate of drug-likeness (QED) is 0.388. The van der Waals surface area contributed by atoms with Gasteiger partial charge in [-0.25, -0.2) is 9.67 Å². The van der Waals surface area contributed by atoms with Crippen LogP contribution in [0.4, 0.5) is 19.0 Å². The van der Waals surface area contributed by atoms with E-state index in [1.807, 2.05) is 0 Å². The summed E-state index contributed by atoms with van der Waals surface area (Å²) in [6.07, 6.45) is -2.39. The number of pyridine rings is 1. The number of benzene rings is 1. The van der Waals surface area contributed by atoms with Crippen molar-refractivity contribution in [3.8, 4) is 5.69 Å². The van der Waals surface area contributed by atoms with Crippen molar-refractivity contribution in [3.05, 3.63) is 71.7 Å². The zero-order chi connectivity index (χ0) is 24.6. The predicted octanol–water partition coefficient (Wildman–Crippen LogP) is 2.50. The van der Waals surface area contributed by atoms with Crippen molar-refractivity contribution in [2.45, 2.75) is 6.18 Å². The number of hydrogen-bond acceptors (Lipinski definition) is 6. The molecule has 2 heterocycles. The highest BCUT2D eigenvalue weighted by atomic mass is 19.4. The van der Waals surface area contributed by atoms with Crippen LogP contribution in [0.15, 0.2) is 54.9 Å². The first-order valence-corrected chi connectivity index (χ1v) is 10.3. The fraction of sp³-hybridized carbons (Fsp3) is 0.273. The highest BCUT2D eigenvalue weighted by Crippen LogP contribution is 2.31. The van der Waals surface area contributed by atoms with Gasteiger partial charge in [0, 0.05) is 39.1 Å². The highest BCUT2D eigenvalue weighted by Gasteiger charge is 2.39. The maximum atomic E-state index is 13.4. The van der Waals surface area contributed by atoms with Gasteiger partial charge in [0.2, 0.25) is 0 Å². The van der Waals surface area contributed by atoms with E-state index in [0.717, 1.165) is 10.9 Å². The molecule has 34 heavy (non-hydrogen) atoms. The van der Waals surface area contributed by atoms with E-state index in [1.165, 1.54) is 6.20 Å². The molecule has 1 aromatic carbocycles. The van der Waals surface area contributed by atoms with Crippen molar-refractivity contribution in [3.63, 3.8) is 0 Å². The standard InChI is InChI=1S/C22H23F3N6O3/c1-34-12-11-26-18-8-7-15(13-29-18)20(32)27-9-10-28-21(33)17-14-31(16-5-3-2-4-6-16)30-19(17)22(23,24)25/h2-8,13-14H,9-12H2,1H3,(H,26,29)(H,27,32)(H,28,33).